The Morgan fingerprint density at radius 1 is 1.00 bits per heavy atom. The molecule has 2 aliphatic heterocycles. The van der Waals surface area contributed by atoms with Crippen molar-refractivity contribution >= 4 is 5.69 Å². The Balaban J connectivity index is 1.85. The Bertz CT molecular complexity index is 375. The van der Waals surface area contributed by atoms with E-state index in [9.17, 15) is 0 Å². The van der Waals surface area contributed by atoms with Crippen LogP contribution in [0.5, 0.6) is 0 Å². The maximum absolute atomic E-state index is 2.73. The number of anilines is 1. The van der Waals surface area contributed by atoms with E-state index in [0.717, 1.165) is 17.9 Å². The molecule has 2 fully saturated rings. The van der Waals surface area contributed by atoms with Crippen LogP contribution in [-0.4, -0.2) is 12.6 Å². The van der Waals surface area contributed by atoms with Crippen LogP contribution in [0.1, 0.15) is 43.6 Å². The van der Waals surface area contributed by atoms with Crippen molar-refractivity contribution in [3.05, 3.63) is 29.8 Å². The van der Waals surface area contributed by atoms with Crippen LogP contribution in [0, 0.1) is 5.92 Å². The lowest BCUT2D eigenvalue weighted by molar-refractivity contribution is 0.231. The number of piperidine rings is 1. The molecular weight excluding hydrogens is 194 g/mol. The fraction of sp³-hybridized carbons (Fsp3) is 0.600. The summed E-state index contributed by atoms with van der Waals surface area (Å²) in [5.41, 5.74) is 3.21. The lowest BCUT2D eigenvalue weighted by Gasteiger charge is -2.43. The smallest absolute Gasteiger partial charge is 0.0405 e. The zero-order valence-electron chi connectivity index (χ0n) is 9.73. The van der Waals surface area contributed by atoms with Crippen molar-refractivity contribution in [2.45, 2.75) is 44.1 Å². The van der Waals surface area contributed by atoms with Crippen LogP contribution >= 0.6 is 0 Å². The van der Waals surface area contributed by atoms with Gasteiger partial charge in [-0.25, -0.2) is 0 Å². The summed E-state index contributed by atoms with van der Waals surface area (Å²) in [6, 6.07) is 10.0. The van der Waals surface area contributed by atoms with Crippen LogP contribution in [-0.2, 0) is 0 Å². The topological polar surface area (TPSA) is 3.24 Å². The van der Waals surface area contributed by atoms with Crippen molar-refractivity contribution < 1.29 is 0 Å². The molecule has 0 bridgehead atoms. The second-order valence-corrected chi connectivity index (χ2v) is 5.68. The number of nitrogens with zero attached hydrogens (tertiary/aromatic N) is 1. The summed E-state index contributed by atoms with van der Waals surface area (Å²) in [5, 5.41) is 0. The van der Waals surface area contributed by atoms with Crippen molar-refractivity contribution in [3.63, 3.8) is 0 Å². The molecule has 0 spiro atoms. The quantitative estimate of drug-likeness (QED) is 0.637. The third kappa shape index (κ3) is 1.07. The summed E-state index contributed by atoms with van der Waals surface area (Å²) in [6.07, 6.45) is 7.24. The molecule has 0 radical (unpaired) electrons. The largest absolute Gasteiger partial charge is 0.367 e. The molecule has 3 aliphatic rings. The second-order valence-electron chi connectivity index (χ2n) is 5.68. The Morgan fingerprint density at radius 2 is 1.88 bits per heavy atom. The van der Waals surface area contributed by atoms with Gasteiger partial charge in [0.15, 0.2) is 0 Å². The standard InChI is InChI=1S/C15H19N/c1-2-9-14-12(7-1)13-8-3-5-11-6-4-10-16(14)15(11)13/h1-2,7,9,11,13,15H,3-6,8,10H2/t11-,13+,15-/m0/s1. The van der Waals surface area contributed by atoms with Gasteiger partial charge in [-0.2, -0.15) is 0 Å². The van der Waals surface area contributed by atoms with Gasteiger partial charge in [-0.15, -0.1) is 0 Å². The lowest BCUT2D eigenvalue weighted by atomic mass is 9.72. The molecule has 1 saturated heterocycles. The van der Waals surface area contributed by atoms with Gasteiger partial charge in [0.25, 0.3) is 0 Å². The molecule has 1 aliphatic carbocycles. The molecule has 1 aromatic carbocycles. The lowest BCUT2D eigenvalue weighted by Crippen LogP contribution is -2.46. The maximum Gasteiger partial charge on any atom is 0.0405 e. The maximum atomic E-state index is 2.73. The van der Waals surface area contributed by atoms with Gasteiger partial charge < -0.3 is 4.90 Å². The Morgan fingerprint density at radius 3 is 2.88 bits per heavy atom. The van der Waals surface area contributed by atoms with E-state index in [-0.39, 0.29) is 0 Å². The van der Waals surface area contributed by atoms with E-state index in [0.29, 0.717) is 0 Å². The monoisotopic (exact) mass is 213 g/mol. The highest BCUT2D eigenvalue weighted by atomic mass is 15.2. The van der Waals surface area contributed by atoms with Gasteiger partial charge in [0, 0.05) is 24.2 Å². The minimum absolute atomic E-state index is 0.857. The summed E-state index contributed by atoms with van der Waals surface area (Å²) in [5.74, 6) is 1.84. The fourth-order valence-corrected chi connectivity index (χ4v) is 4.41. The van der Waals surface area contributed by atoms with Gasteiger partial charge >= 0.3 is 0 Å². The highest BCUT2D eigenvalue weighted by Gasteiger charge is 2.45. The Kier molecular flexibility index (Phi) is 1.85. The highest BCUT2D eigenvalue weighted by Crippen LogP contribution is 2.52. The molecule has 3 atom stereocenters. The Hall–Kier alpha value is -0.980. The molecule has 0 amide bonds. The van der Waals surface area contributed by atoms with Gasteiger partial charge in [-0.05, 0) is 43.2 Å². The number of para-hydroxylation sites is 1. The van der Waals surface area contributed by atoms with Crippen molar-refractivity contribution in [3.8, 4) is 0 Å². The summed E-state index contributed by atoms with van der Waals surface area (Å²) in [7, 11) is 0. The first-order chi connectivity index (χ1) is 7.95. The molecule has 16 heavy (non-hydrogen) atoms. The minimum Gasteiger partial charge on any atom is -0.367 e. The molecule has 1 saturated carbocycles. The second kappa shape index (κ2) is 3.26. The van der Waals surface area contributed by atoms with Crippen LogP contribution in [0.15, 0.2) is 24.3 Å². The first kappa shape index (κ1) is 9.09. The van der Waals surface area contributed by atoms with Crippen LogP contribution in [0.25, 0.3) is 0 Å². The minimum atomic E-state index is 0.857. The van der Waals surface area contributed by atoms with Crippen molar-refractivity contribution in [1.29, 1.82) is 0 Å². The van der Waals surface area contributed by atoms with Crippen LogP contribution < -0.4 is 4.90 Å². The number of rotatable bonds is 0. The molecule has 4 rings (SSSR count). The summed E-state index contributed by atoms with van der Waals surface area (Å²) >= 11 is 0. The molecule has 1 heteroatoms. The van der Waals surface area contributed by atoms with E-state index in [1.807, 2.05) is 0 Å². The molecule has 84 valence electrons. The SMILES string of the molecule is c1ccc2c(c1)[C@H]1CCC[C@H]3CCCN2[C@@H]31. The fourth-order valence-electron chi connectivity index (χ4n) is 4.41. The first-order valence-electron chi connectivity index (χ1n) is 6.81. The van der Waals surface area contributed by atoms with Crippen LogP contribution in [0.3, 0.4) is 0 Å². The van der Waals surface area contributed by atoms with Gasteiger partial charge in [0.05, 0.1) is 0 Å². The third-order valence-electron chi connectivity index (χ3n) is 4.96. The molecule has 2 heterocycles. The number of benzene rings is 1. The van der Waals surface area contributed by atoms with E-state index in [1.165, 1.54) is 38.6 Å². The van der Waals surface area contributed by atoms with Crippen LogP contribution in [0.4, 0.5) is 5.69 Å². The van der Waals surface area contributed by atoms with E-state index in [4.69, 9.17) is 0 Å². The van der Waals surface area contributed by atoms with Gasteiger partial charge in [-0.1, -0.05) is 24.6 Å². The number of fused-ring (bicyclic) bond motifs is 3. The van der Waals surface area contributed by atoms with Gasteiger partial charge in [0.1, 0.15) is 0 Å². The zero-order chi connectivity index (χ0) is 10.5. The van der Waals surface area contributed by atoms with E-state index in [1.54, 1.807) is 11.3 Å². The molecule has 0 unspecified atom stereocenters. The average Bonchev–Trinajstić information content (AvgIpc) is 2.68. The van der Waals surface area contributed by atoms with Gasteiger partial charge in [-0.3, -0.25) is 0 Å². The molecule has 0 N–H and O–H groups in total. The molecule has 0 aromatic heterocycles. The number of hydrogen-bond donors (Lipinski definition) is 0. The average molecular weight is 213 g/mol. The predicted molar refractivity (Wildman–Crippen MR) is 66.9 cm³/mol. The van der Waals surface area contributed by atoms with Crippen molar-refractivity contribution in [1.82, 2.24) is 0 Å². The van der Waals surface area contributed by atoms with Crippen LogP contribution in [0.2, 0.25) is 0 Å². The summed E-state index contributed by atoms with van der Waals surface area (Å²) in [6.45, 7) is 1.30. The van der Waals surface area contributed by atoms with Gasteiger partial charge in [0.2, 0.25) is 0 Å². The van der Waals surface area contributed by atoms with E-state index < -0.39 is 0 Å². The Labute approximate surface area is 97.5 Å². The molecule has 1 aromatic rings. The van der Waals surface area contributed by atoms with Crippen molar-refractivity contribution in [2.24, 2.45) is 5.92 Å². The van der Waals surface area contributed by atoms with E-state index >= 15 is 0 Å². The first-order valence-corrected chi connectivity index (χ1v) is 6.81. The molecular formula is C15H19N. The number of hydrogen-bond acceptors (Lipinski definition) is 1. The highest BCUT2D eigenvalue weighted by molar-refractivity contribution is 5.62. The third-order valence-corrected chi connectivity index (χ3v) is 4.96. The summed E-state index contributed by atoms with van der Waals surface area (Å²) in [4.78, 5) is 2.73. The normalized spacial score (nSPS) is 35.8. The predicted octanol–water partition coefficient (Wildman–Crippen LogP) is 3.55. The molecule has 1 nitrogen and oxygen atoms in total. The van der Waals surface area contributed by atoms with E-state index in [2.05, 4.69) is 29.2 Å². The summed E-state index contributed by atoms with van der Waals surface area (Å²) < 4.78 is 0. The van der Waals surface area contributed by atoms with Crippen molar-refractivity contribution in [2.75, 3.05) is 11.4 Å². The zero-order valence-corrected chi connectivity index (χ0v) is 9.73.